The van der Waals surface area contributed by atoms with Crippen LogP contribution in [-0.2, 0) is 19.0 Å². The first-order valence-corrected chi connectivity index (χ1v) is 8.12. The first kappa shape index (κ1) is 17.8. The van der Waals surface area contributed by atoms with Crippen LogP contribution < -0.4 is 0 Å². The van der Waals surface area contributed by atoms with Crippen molar-refractivity contribution in [3.8, 4) is 0 Å². The van der Waals surface area contributed by atoms with Crippen LogP contribution in [0.3, 0.4) is 0 Å². The third kappa shape index (κ3) is 4.96. The van der Waals surface area contributed by atoms with E-state index in [4.69, 9.17) is 14.2 Å². The fourth-order valence-corrected chi connectivity index (χ4v) is 3.05. The Balaban J connectivity index is 1.93. The summed E-state index contributed by atoms with van der Waals surface area (Å²) < 4.78 is 16.1. The van der Waals surface area contributed by atoms with E-state index in [1.807, 2.05) is 20.8 Å². The molecular weight excluding hydrogens is 298 g/mol. The highest BCUT2D eigenvalue weighted by Crippen LogP contribution is 2.37. The normalized spacial score (nSPS) is 23.0. The fraction of sp³-hybridized carbons (Fsp3) is 0.765. The van der Waals surface area contributed by atoms with Crippen LogP contribution in [0.1, 0.15) is 46.5 Å². The lowest BCUT2D eigenvalue weighted by Gasteiger charge is -2.44. The highest BCUT2D eigenvalue weighted by Gasteiger charge is 2.40. The lowest BCUT2D eigenvalue weighted by atomic mass is 9.82. The number of carbonyl (C=O) groups is 2. The Kier molecular flexibility index (Phi) is 5.34. The van der Waals surface area contributed by atoms with Gasteiger partial charge in [-0.1, -0.05) is 5.57 Å². The molecule has 0 N–H and O–H groups in total. The Morgan fingerprint density at radius 3 is 2.48 bits per heavy atom. The fourth-order valence-electron chi connectivity index (χ4n) is 3.05. The average molecular weight is 325 g/mol. The topological polar surface area (TPSA) is 65.1 Å². The molecule has 0 unspecified atom stereocenters. The zero-order valence-electron chi connectivity index (χ0n) is 14.5. The SMILES string of the molecule is COC(=O)C=C1CCOC2(CCN(C(=O)OC(C)(C)C)CC2)C1. The van der Waals surface area contributed by atoms with Crippen LogP contribution in [0.4, 0.5) is 4.79 Å². The Morgan fingerprint density at radius 1 is 1.26 bits per heavy atom. The van der Waals surface area contributed by atoms with Crippen molar-refractivity contribution in [2.24, 2.45) is 0 Å². The molecule has 2 heterocycles. The maximum Gasteiger partial charge on any atom is 0.410 e. The molecule has 0 atom stereocenters. The zero-order chi connectivity index (χ0) is 17.1. The van der Waals surface area contributed by atoms with Crippen LogP contribution in [0.25, 0.3) is 0 Å². The summed E-state index contributed by atoms with van der Waals surface area (Å²) in [6.07, 6.45) is 4.30. The van der Waals surface area contributed by atoms with E-state index in [-0.39, 0.29) is 17.7 Å². The van der Waals surface area contributed by atoms with Crippen molar-refractivity contribution >= 4 is 12.1 Å². The van der Waals surface area contributed by atoms with Gasteiger partial charge in [0.2, 0.25) is 0 Å². The smallest absolute Gasteiger partial charge is 0.410 e. The zero-order valence-corrected chi connectivity index (χ0v) is 14.5. The summed E-state index contributed by atoms with van der Waals surface area (Å²) in [7, 11) is 1.38. The van der Waals surface area contributed by atoms with Gasteiger partial charge in [-0.3, -0.25) is 0 Å². The molecular formula is C17H27NO5. The maximum absolute atomic E-state index is 12.1. The van der Waals surface area contributed by atoms with Crippen molar-refractivity contribution in [1.29, 1.82) is 0 Å². The minimum absolute atomic E-state index is 0.267. The Morgan fingerprint density at radius 2 is 1.91 bits per heavy atom. The predicted octanol–water partition coefficient (Wildman–Crippen LogP) is 2.67. The molecule has 1 amide bonds. The number of amides is 1. The number of carbonyl (C=O) groups excluding carboxylic acids is 2. The molecule has 23 heavy (non-hydrogen) atoms. The lowest BCUT2D eigenvalue weighted by molar-refractivity contribution is -0.135. The largest absolute Gasteiger partial charge is 0.466 e. The monoisotopic (exact) mass is 325 g/mol. The summed E-state index contributed by atoms with van der Waals surface area (Å²) in [6, 6.07) is 0. The lowest BCUT2D eigenvalue weighted by Crippen LogP contribution is -2.50. The molecule has 0 bridgehead atoms. The minimum Gasteiger partial charge on any atom is -0.466 e. The molecule has 6 nitrogen and oxygen atoms in total. The molecule has 0 aromatic carbocycles. The summed E-state index contributed by atoms with van der Waals surface area (Å²) in [5.74, 6) is -0.316. The van der Waals surface area contributed by atoms with E-state index >= 15 is 0 Å². The number of ether oxygens (including phenoxy) is 3. The molecule has 6 heteroatoms. The summed E-state index contributed by atoms with van der Waals surface area (Å²) in [6.45, 7) is 7.43. The van der Waals surface area contributed by atoms with Crippen LogP contribution in [0.15, 0.2) is 11.6 Å². The highest BCUT2D eigenvalue weighted by atomic mass is 16.6. The summed E-state index contributed by atoms with van der Waals surface area (Å²) in [5, 5.41) is 0. The van der Waals surface area contributed by atoms with Gasteiger partial charge in [-0.15, -0.1) is 0 Å². The van der Waals surface area contributed by atoms with Crippen LogP contribution in [0, 0.1) is 0 Å². The maximum atomic E-state index is 12.1. The Hall–Kier alpha value is -1.56. The van der Waals surface area contributed by atoms with Crippen molar-refractivity contribution in [1.82, 2.24) is 4.90 Å². The molecule has 1 spiro atoms. The van der Waals surface area contributed by atoms with Gasteiger partial charge in [0, 0.05) is 19.2 Å². The number of hydrogen-bond acceptors (Lipinski definition) is 5. The number of nitrogens with zero attached hydrogens (tertiary/aromatic N) is 1. The molecule has 2 aliphatic rings. The highest BCUT2D eigenvalue weighted by molar-refractivity contribution is 5.82. The first-order chi connectivity index (χ1) is 10.7. The van der Waals surface area contributed by atoms with E-state index in [1.54, 1.807) is 11.0 Å². The third-order valence-corrected chi connectivity index (χ3v) is 4.23. The number of esters is 1. The van der Waals surface area contributed by atoms with E-state index in [9.17, 15) is 9.59 Å². The second-order valence-electron chi connectivity index (χ2n) is 7.25. The Labute approximate surface area is 137 Å². The number of piperidine rings is 1. The molecule has 2 aliphatic heterocycles. The number of methoxy groups -OCH3 is 1. The third-order valence-electron chi connectivity index (χ3n) is 4.23. The van der Waals surface area contributed by atoms with Gasteiger partial charge in [-0.05, 0) is 46.5 Å². The van der Waals surface area contributed by atoms with Crippen LogP contribution >= 0.6 is 0 Å². The quantitative estimate of drug-likeness (QED) is 0.548. The molecule has 0 aromatic heterocycles. The van der Waals surface area contributed by atoms with Gasteiger partial charge in [-0.2, -0.15) is 0 Å². The minimum atomic E-state index is -0.482. The van der Waals surface area contributed by atoms with Gasteiger partial charge in [0.15, 0.2) is 0 Å². The van der Waals surface area contributed by atoms with E-state index in [1.165, 1.54) is 7.11 Å². The van der Waals surface area contributed by atoms with Crippen molar-refractivity contribution in [3.05, 3.63) is 11.6 Å². The van der Waals surface area contributed by atoms with Gasteiger partial charge in [0.1, 0.15) is 5.60 Å². The van der Waals surface area contributed by atoms with Crippen molar-refractivity contribution in [2.45, 2.75) is 57.7 Å². The first-order valence-electron chi connectivity index (χ1n) is 8.12. The van der Waals surface area contributed by atoms with Gasteiger partial charge in [-0.25, -0.2) is 9.59 Å². The average Bonchev–Trinajstić information content (AvgIpc) is 2.46. The Bertz CT molecular complexity index is 484. The summed E-state index contributed by atoms with van der Waals surface area (Å²) in [5.41, 5.74) is 0.314. The molecule has 2 saturated heterocycles. The van der Waals surface area contributed by atoms with Crippen molar-refractivity contribution < 1.29 is 23.8 Å². The van der Waals surface area contributed by atoms with Crippen molar-refractivity contribution in [3.63, 3.8) is 0 Å². The molecule has 0 aliphatic carbocycles. The van der Waals surface area contributed by atoms with Crippen LogP contribution in [-0.4, -0.2) is 55.0 Å². The molecule has 0 aromatic rings. The van der Waals surface area contributed by atoms with Gasteiger partial charge in [0.05, 0.1) is 19.3 Å². The van der Waals surface area contributed by atoms with E-state index in [0.717, 1.165) is 31.3 Å². The standard InChI is InChI=1S/C17H27NO5/c1-16(2,3)23-15(20)18-8-6-17(7-9-18)12-13(5-10-22-17)11-14(19)21-4/h11H,5-10,12H2,1-4H3. The number of hydrogen-bond donors (Lipinski definition) is 0. The summed E-state index contributed by atoms with van der Waals surface area (Å²) >= 11 is 0. The molecule has 2 rings (SSSR count). The van der Waals surface area contributed by atoms with Crippen LogP contribution in [0.5, 0.6) is 0 Å². The summed E-state index contributed by atoms with van der Waals surface area (Å²) in [4.78, 5) is 25.3. The van der Waals surface area contributed by atoms with Gasteiger partial charge >= 0.3 is 12.1 Å². The predicted molar refractivity (Wildman–Crippen MR) is 85.1 cm³/mol. The molecule has 0 saturated carbocycles. The second-order valence-corrected chi connectivity index (χ2v) is 7.25. The van der Waals surface area contributed by atoms with E-state index < -0.39 is 5.60 Å². The van der Waals surface area contributed by atoms with Crippen LogP contribution in [0.2, 0.25) is 0 Å². The van der Waals surface area contributed by atoms with E-state index in [2.05, 4.69) is 0 Å². The van der Waals surface area contributed by atoms with E-state index in [0.29, 0.717) is 19.7 Å². The molecule has 130 valence electrons. The molecule has 2 fully saturated rings. The number of rotatable bonds is 1. The molecule has 0 radical (unpaired) electrons. The van der Waals surface area contributed by atoms with Crippen molar-refractivity contribution in [2.75, 3.05) is 26.8 Å². The van der Waals surface area contributed by atoms with Gasteiger partial charge in [0.25, 0.3) is 0 Å². The number of likely N-dealkylation sites (tertiary alicyclic amines) is 1. The van der Waals surface area contributed by atoms with Gasteiger partial charge < -0.3 is 19.1 Å². The second kappa shape index (κ2) is 6.91.